The highest BCUT2D eigenvalue weighted by Crippen LogP contribution is 2.66. The fourth-order valence-electron chi connectivity index (χ4n) is 6.77. The Morgan fingerprint density at radius 3 is 2.84 bits per heavy atom. The van der Waals surface area contributed by atoms with Crippen LogP contribution in [0.15, 0.2) is 30.9 Å². The molecule has 0 saturated heterocycles. The molecule has 25 heavy (non-hydrogen) atoms. The number of alkyl halides is 1. The van der Waals surface area contributed by atoms with Crippen LogP contribution in [-0.4, -0.2) is 22.5 Å². The molecule has 6 atom stereocenters. The quantitative estimate of drug-likeness (QED) is 0.782. The SMILES string of the molecule is C=CC[C@]12CC[C@@]3(CC)C(C[C@@H](O)[C@@H]3F)C1CCc1cc(O)ccc12. The first kappa shape index (κ1) is 17.1. The Morgan fingerprint density at radius 2 is 2.12 bits per heavy atom. The number of rotatable bonds is 3. The van der Waals surface area contributed by atoms with Crippen molar-refractivity contribution in [2.24, 2.45) is 17.3 Å². The van der Waals surface area contributed by atoms with E-state index in [1.165, 1.54) is 11.1 Å². The molecule has 0 bridgehead atoms. The normalized spacial score (nSPS) is 42.4. The van der Waals surface area contributed by atoms with Crippen molar-refractivity contribution < 1.29 is 14.6 Å². The number of benzene rings is 1. The lowest BCUT2D eigenvalue weighted by Crippen LogP contribution is -2.53. The maximum absolute atomic E-state index is 15.0. The summed E-state index contributed by atoms with van der Waals surface area (Å²) >= 11 is 0. The minimum absolute atomic E-state index is 0.0177. The van der Waals surface area contributed by atoms with Gasteiger partial charge in [0.15, 0.2) is 0 Å². The standard InChI is InChI=1S/C22H29FO2/c1-3-9-22-11-10-21(4-2)18(13-19(25)20(21)23)17(22)7-5-14-12-15(24)6-8-16(14)22/h3,6,8,12,17-20,24-25H,1,4-5,7,9-11,13H2,2H3/t17?,18?,19-,20+,21+,22-/m1/s1. The number of phenolic OH excluding ortho intramolecular Hbond substituents is 1. The van der Waals surface area contributed by atoms with Crippen LogP contribution in [0.4, 0.5) is 4.39 Å². The molecule has 1 aromatic rings. The molecule has 1 aromatic carbocycles. The monoisotopic (exact) mass is 344 g/mol. The summed E-state index contributed by atoms with van der Waals surface area (Å²) in [6, 6.07) is 5.77. The van der Waals surface area contributed by atoms with Crippen LogP contribution in [0.25, 0.3) is 0 Å². The smallest absolute Gasteiger partial charge is 0.132 e. The van der Waals surface area contributed by atoms with Gasteiger partial charge in [0.2, 0.25) is 0 Å². The third kappa shape index (κ3) is 2.17. The Kier molecular flexibility index (Phi) is 3.99. The molecule has 0 heterocycles. The molecule has 0 aromatic heterocycles. The molecule has 2 N–H and O–H groups in total. The van der Waals surface area contributed by atoms with Crippen molar-refractivity contribution in [3.8, 4) is 5.75 Å². The fraction of sp³-hybridized carbons (Fsp3) is 0.636. The molecule has 2 fully saturated rings. The lowest BCUT2D eigenvalue weighted by molar-refractivity contribution is -0.0475. The Bertz CT molecular complexity index is 687. The summed E-state index contributed by atoms with van der Waals surface area (Å²) in [7, 11) is 0. The number of aryl methyl sites for hydroxylation is 1. The van der Waals surface area contributed by atoms with Gasteiger partial charge in [-0.2, -0.15) is 0 Å². The van der Waals surface area contributed by atoms with Gasteiger partial charge in [-0.3, -0.25) is 0 Å². The van der Waals surface area contributed by atoms with Gasteiger partial charge in [-0.05, 0) is 80.0 Å². The largest absolute Gasteiger partial charge is 0.508 e. The van der Waals surface area contributed by atoms with Crippen LogP contribution in [0.5, 0.6) is 5.75 Å². The van der Waals surface area contributed by atoms with Crippen molar-refractivity contribution in [2.45, 2.75) is 69.6 Å². The third-order valence-corrected chi connectivity index (χ3v) is 7.87. The number of phenols is 1. The minimum atomic E-state index is -1.09. The van der Waals surface area contributed by atoms with Crippen molar-refractivity contribution in [1.82, 2.24) is 0 Å². The molecule has 3 heteroatoms. The highest BCUT2D eigenvalue weighted by molar-refractivity contribution is 5.44. The van der Waals surface area contributed by atoms with E-state index in [-0.39, 0.29) is 16.7 Å². The molecule has 2 nitrogen and oxygen atoms in total. The highest BCUT2D eigenvalue weighted by atomic mass is 19.1. The third-order valence-electron chi connectivity index (χ3n) is 7.87. The number of halogens is 1. The summed E-state index contributed by atoms with van der Waals surface area (Å²) in [5.74, 6) is 0.939. The van der Waals surface area contributed by atoms with E-state index in [9.17, 15) is 10.2 Å². The molecule has 3 aliphatic carbocycles. The number of aromatic hydroxyl groups is 1. The summed E-state index contributed by atoms with van der Waals surface area (Å²) < 4.78 is 15.0. The Labute approximate surface area is 149 Å². The first-order valence-corrected chi connectivity index (χ1v) is 9.74. The van der Waals surface area contributed by atoms with Gasteiger partial charge in [-0.1, -0.05) is 19.1 Å². The number of fused-ring (bicyclic) bond motifs is 5. The van der Waals surface area contributed by atoms with Crippen LogP contribution in [0.1, 0.15) is 56.6 Å². The number of hydrogen-bond donors (Lipinski definition) is 2. The maximum Gasteiger partial charge on any atom is 0.132 e. The van der Waals surface area contributed by atoms with Crippen LogP contribution in [0.3, 0.4) is 0 Å². The Hall–Kier alpha value is -1.35. The van der Waals surface area contributed by atoms with Gasteiger partial charge in [-0.25, -0.2) is 4.39 Å². The molecule has 0 spiro atoms. The molecular formula is C22H29FO2. The van der Waals surface area contributed by atoms with E-state index in [1.807, 2.05) is 12.1 Å². The first-order valence-electron chi connectivity index (χ1n) is 9.74. The molecule has 0 radical (unpaired) electrons. The van der Waals surface area contributed by atoms with Gasteiger partial charge in [0, 0.05) is 10.8 Å². The minimum Gasteiger partial charge on any atom is -0.508 e. The van der Waals surface area contributed by atoms with Crippen LogP contribution in [0.2, 0.25) is 0 Å². The molecule has 2 saturated carbocycles. The van der Waals surface area contributed by atoms with Crippen LogP contribution < -0.4 is 0 Å². The van der Waals surface area contributed by atoms with E-state index >= 15 is 4.39 Å². The van der Waals surface area contributed by atoms with E-state index < -0.39 is 12.3 Å². The lowest BCUT2D eigenvalue weighted by atomic mass is 9.47. The lowest BCUT2D eigenvalue weighted by Gasteiger charge is -2.57. The molecule has 136 valence electrons. The predicted octanol–water partition coefficient (Wildman–Crippen LogP) is 4.68. The maximum atomic E-state index is 15.0. The summed E-state index contributed by atoms with van der Waals surface area (Å²) in [5.41, 5.74) is 2.18. The highest BCUT2D eigenvalue weighted by Gasteiger charge is 2.63. The second-order valence-corrected chi connectivity index (χ2v) is 8.53. The summed E-state index contributed by atoms with van der Waals surface area (Å²) in [6.45, 7) is 6.10. The summed E-state index contributed by atoms with van der Waals surface area (Å²) in [5, 5.41) is 20.2. The van der Waals surface area contributed by atoms with E-state index in [1.54, 1.807) is 6.07 Å². The zero-order valence-electron chi connectivity index (χ0n) is 15.0. The number of hydrogen-bond acceptors (Lipinski definition) is 2. The van der Waals surface area contributed by atoms with Gasteiger partial charge in [0.05, 0.1) is 6.10 Å². The number of aliphatic hydroxyl groups is 1. The average Bonchev–Trinajstić information content (AvgIpc) is 2.86. The van der Waals surface area contributed by atoms with Crippen LogP contribution in [0, 0.1) is 17.3 Å². The van der Waals surface area contributed by atoms with Crippen molar-refractivity contribution in [1.29, 1.82) is 0 Å². The predicted molar refractivity (Wildman–Crippen MR) is 97.4 cm³/mol. The summed E-state index contributed by atoms with van der Waals surface area (Å²) in [4.78, 5) is 0. The average molecular weight is 344 g/mol. The Balaban J connectivity index is 1.83. The second kappa shape index (κ2) is 5.84. The van der Waals surface area contributed by atoms with Gasteiger partial charge >= 0.3 is 0 Å². The Morgan fingerprint density at radius 1 is 1.32 bits per heavy atom. The second-order valence-electron chi connectivity index (χ2n) is 8.53. The van der Waals surface area contributed by atoms with E-state index in [0.29, 0.717) is 18.1 Å². The van der Waals surface area contributed by atoms with Crippen LogP contribution >= 0.6 is 0 Å². The van der Waals surface area contributed by atoms with Crippen molar-refractivity contribution >= 4 is 0 Å². The number of allylic oxidation sites excluding steroid dienone is 1. The first-order chi connectivity index (χ1) is 12.0. The fourth-order valence-corrected chi connectivity index (χ4v) is 6.77. The van der Waals surface area contributed by atoms with E-state index in [0.717, 1.165) is 38.5 Å². The number of aliphatic hydroxyl groups excluding tert-OH is 1. The molecular weight excluding hydrogens is 315 g/mol. The van der Waals surface area contributed by atoms with Crippen molar-refractivity contribution in [3.05, 3.63) is 42.0 Å². The topological polar surface area (TPSA) is 40.5 Å². The molecule has 0 amide bonds. The summed E-state index contributed by atoms with van der Waals surface area (Å²) in [6.07, 6.45) is 6.09. The molecule has 2 unspecified atom stereocenters. The van der Waals surface area contributed by atoms with E-state index in [2.05, 4.69) is 19.6 Å². The van der Waals surface area contributed by atoms with Crippen molar-refractivity contribution in [2.75, 3.05) is 0 Å². The molecule has 0 aliphatic heterocycles. The zero-order chi connectivity index (χ0) is 17.8. The zero-order valence-corrected chi connectivity index (χ0v) is 15.0. The molecule has 3 aliphatic rings. The molecule has 4 rings (SSSR count). The van der Waals surface area contributed by atoms with Crippen LogP contribution in [-0.2, 0) is 11.8 Å². The van der Waals surface area contributed by atoms with Crippen molar-refractivity contribution in [3.63, 3.8) is 0 Å². The van der Waals surface area contributed by atoms with Gasteiger partial charge < -0.3 is 10.2 Å². The van der Waals surface area contributed by atoms with Gasteiger partial charge in [0.25, 0.3) is 0 Å². The van der Waals surface area contributed by atoms with Gasteiger partial charge in [-0.15, -0.1) is 6.58 Å². The van der Waals surface area contributed by atoms with Gasteiger partial charge in [0.1, 0.15) is 11.9 Å². The van der Waals surface area contributed by atoms with E-state index in [4.69, 9.17) is 0 Å².